The molecular weight excluding hydrogens is 268 g/mol. The smallest absolute Gasteiger partial charge is 0.261 e. The second-order valence-electron chi connectivity index (χ2n) is 4.90. The predicted octanol–water partition coefficient (Wildman–Crippen LogP) is 1.52. The van der Waals surface area contributed by atoms with Crippen molar-refractivity contribution >= 4 is 17.7 Å². The van der Waals surface area contributed by atoms with E-state index in [0.717, 1.165) is 5.56 Å². The van der Waals surface area contributed by atoms with Gasteiger partial charge in [0, 0.05) is 18.5 Å². The summed E-state index contributed by atoms with van der Waals surface area (Å²) >= 11 is 0. The number of hydrogen-bond donors (Lipinski definition) is 1. The third-order valence-electron chi connectivity index (χ3n) is 3.68. The van der Waals surface area contributed by atoms with Crippen LogP contribution >= 0.6 is 0 Å². The van der Waals surface area contributed by atoms with E-state index in [1.807, 2.05) is 26.0 Å². The normalized spacial score (nSPS) is 21.1. The first-order valence-electron chi connectivity index (χ1n) is 7.38. The summed E-state index contributed by atoms with van der Waals surface area (Å²) in [5, 5.41) is 2.71. The number of imide groups is 1. The van der Waals surface area contributed by atoms with Crippen LogP contribution in [0.15, 0.2) is 24.3 Å². The highest BCUT2D eigenvalue weighted by Crippen LogP contribution is 2.23. The molecule has 0 radical (unpaired) electrons. The van der Waals surface area contributed by atoms with Crippen LogP contribution in [0.1, 0.15) is 42.6 Å². The zero-order valence-corrected chi connectivity index (χ0v) is 12.4. The Morgan fingerprint density at radius 2 is 1.86 bits per heavy atom. The summed E-state index contributed by atoms with van der Waals surface area (Å²) < 4.78 is 0. The van der Waals surface area contributed by atoms with E-state index in [1.54, 1.807) is 12.1 Å². The lowest BCUT2D eigenvalue weighted by molar-refractivity contribution is -0.133. The van der Waals surface area contributed by atoms with Crippen molar-refractivity contribution in [3.63, 3.8) is 0 Å². The molecule has 0 aromatic heterocycles. The number of benzene rings is 1. The minimum atomic E-state index is -0.243. The highest BCUT2D eigenvalue weighted by atomic mass is 16.2. The molecule has 0 spiro atoms. The summed E-state index contributed by atoms with van der Waals surface area (Å²) in [6.45, 7) is 4.36. The number of nitrogens with one attached hydrogen (secondary N) is 1. The number of amides is 3. The van der Waals surface area contributed by atoms with Gasteiger partial charge in [0.2, 0.25) is 11.8 Å². The van der Waals surface area contributed by atoms with Gasteiger partial charge in [-0.25, -0.2) is 0 Å². The zero-order valence-electron chi connectivity index (χ0n) is 12.4. The van der Waals surface area contributed by atoms with Crippen molar-refractivity contribution in [1.82, 2.24) is 10.2 Å². The Morgan fingerprint density at radius 3 is 2.52 bits per heavy atom. The van der Waals surface area contributed by atoms with Gasteiger partial charge in [-0.3, -0.25) is 19.3 Å². The van der Waals surface area contributed by atoms with E-state index in [-0.39, 0.29) is 30.2 Å². The zero-order chi connectivity index (χ0) is 15.4. The fourth-order valence-electron chi connectivity index (χ4n) is 2.68. The largest absolute Gasteiger partial charge is 0.354 e. The quantitative estimate of drug-likeness (QED) is 0.797. The van der Waals surface area contributed by atoms with E-state index in [0.29, 0.717) is 24.9 Å². The van der Waals surface area contributed by atoms with Crippen LogP contribution in [-0.2, 0) is 16.0 Å². The maximum Gasteiger partial charge on any atom is 0.261 e. The standard InChI is InChI=1S/C14H14N2O3.C2H6/c17-12-6-5-10(8-15-12)16-13(18)7-9-3-1-2-4-11(9)14(16)19;1-2/h1-4,10H,5-8H2,(H,15,17);1-2H3. The molecule has 1 atom stereocenters. The Balaban J connectivity index is 0.000000774. The maximum atomic E-state index is 12.4. The lowest BCUT2D eigenvalue weighted by Crippen LogP contribution is -2.54. The molecular formula is C16H20N2O3. The minimum absolute atomic E-state index is 0.0199. The molecule has 1 aromatic rings. The van der Waals surface area contributed by atoms with Gasteiger partial charge in [0.25, 0.3) is 5.91 Å². The van der Waals surface area contributed by atoms with Crippen molar-refractivity contribution in [2.45, 2.75) is 39.2 Å². The molecule has 21 heavy (non-hydrogen) atoms. The number of hydrogen-bond acceptors (Lipinski definition) is 3. The summed E-state index contributed by atoms with van der Waals surface area (Å²) in [5.74, 6) is -0.439. The summed E-state index contributed by atoms with van der Waals surface area (Å²) in [6.07, 6.45) is 1.17. The fourth-order valence-corrected chi connectivity index (χ4v) is 2.68. The lowest BCUT2D eigenvalue weighted by atomic mass is 9.95. The number of rotatable bonds is 1. The van der Waals surface area contributed by atoms with Crippen molar-refractivity contribution in [1.29, 1.82) is 0 Å². The predicted molar refractivity (Wildman–Crippen MR) is 78.7 cm³/mol. The van der Waals surface area contributed by atoms with Crippen molar-refractivity contribution < 1.29 is 14.4 Å². The number of nitrogens with zero attached hydrogens (tertiary/aromatic N) is 1. The van der Waals surface area contributed by atoms with Gasteiger partial charge in [-0.1, -0.05) is 32.0 Å². The van der Waals surface area contributed by atoms with Gasteiger partial charge in [-0.2, -0.15) is 0 Å². The molecule has 0 saturated carbocycles. The number of carbonyl (C=O) groups excluding carboxylic acids is 3. The van der Waals surface area contributed by atoms with Crippen LogP contribution in [0, 0.1) is 0 Å². The topological polar surface area (TPSA) is 66.5 Å². The summed E-state index contributed by atoms with van der Waals surface area (Å²) in [4.78, 5) is 37.0. The van der Waals surface area contributed by atoms with Crippen molar-refractivity contribution in [3.05, 3.63) is 35.4 Å². The minimum Gasteiger partial charge on any atom is -0.354 e. The second-order valence-corrected chi connectivity index (χ2v) is 4.90. The van der Waals surface area contributed by atoms with Gasteiger partial charge < -0.3 is 5.32 Å². The molecule has 1 unspecified atom stereocenters. The Bertz CT molecular complexity index is 558. The van der Waals surface area contributed by atoms with Crippen LogP contribution in [0.4, 0.5) is 0 Å². The number of carbonyl (C=O) groups is 3. The molecule has 1 aromatic carbocycles. The van der Waals surface area contributed by atoms with Gasteiger partial charge in [0.05, 0.1) is 12.5 Å². The van der Waals surface area contributed by atoms with E-state index in [2.05, 4.69) is 5.32 Å². The Labute approximate surface area is 124 Å². The Morgan fingerprint density at radius 1 is 1.14 bits per heavy atom. The summed E-state index contributed by atoms with van der Waals surface area (Å²) in [5.41, 5.74) is 1.38. The van der Waals surface area contributed by atoms with Crippen LogP contribution in [0.3, 0.4) is 0 Å². The molecule has 1 N–H and O–H groups in total. The third kappa shape index (κ3) is 2.96. The molecule has 2 aliphatic rings. The highest BCUT2D eigenvalue weighted by Gasteiger charge is 2.37. The van der Waals surface area contributed by atoms with Crippen LogP contribution in [0.25, 0.3) is 0 Å². The first-order valence-corrected chi connectivity index (χ1v) is 7.38. The van der Waals surface area contributed by atoms with Crippen LogP contribution in [0.2, 0.25) is 0 Å². The molecule has 2 heterocycles. The molecule has 0 aliphatic carbocycles. The third-order valence-corrected chi connectivity index (χ3v) is 3.68. The van der Waals surface area contributed by atoms with Gasteiger partial charge in [-0.15, -0.1) is 0 Å². The molecule has 3 amide bonds. The van der Waals surface area contributed by atoms with Crippen LogP contribution < -0.4 is 5.32 Å². The van der Waals surface area contributed by atoms with Crippen LogP contribution in [0.5, 0.6) is 0 Å². The van der Waals surface area contributed by atoms with E-state index in [9.17, 15) is 14.4 Å². The average Bonchev–Trinajstić information content (AvgIpc) is 2.51. The Kier molecular flexibility index (Phi) is 4.73. The van der Waals surface area contributed by atoms with Crippen molar-refractivity contribution in [2.75, 3.05) is 6.54 Å². The first-order chi connectivity index (χ1) is 10.2. The van der Waals surface area contributed by atoms with Gasteiger partial charge in [-0.05, 0) is 18.1 Å². The average molecular weight is 288 g/mol. The molecule has 112 valence electrons. The monoisotopic (exact) mass is 288 g/mol. The van der Waals surface area contributed by atoms with E-state index >= 15 is 0 Å². The summed E-state index contributed by atoms with van der Waals surface area (Å²) in [6, 6.07) is 6.97. The molecule has 2 aliphatic heterocycles. The Hall–Kier alpha value is -2.17. The lowest BCUT2D eigenvalue weighted by Gasteiger charge is -2.35. The molecule has 5 nitrogen and oxygen atoms in total. The molecule has 1 saturated heterocycles. The summed E-state index contributed by atoms with van der Waals surface area (Å²) in [7, 11) is 0. The molecule has 0 bridgehead atoms. The fraction of sp³-hybridized carbons (Fsp3) is 0.438. The van der Waals surface area contributed by atoms with Gasteiger partial charge in [0.15, 0.2) is 0 Å². The first kappa shape index (κ1) is 15.2. The van der Waals surface area contributed by atoms with E-state index in [1.165, 1.54) is 4.90 Å². The second kappa shape index (κ2) is 6.52. The SMILES string of the molecule is CC.O=C1CCC(N2C(=O)Cc3ccccc3C2=O)CN1. The molecule has 1 fully saturated rings. The highest BCUT2D eigenvalue weighted by molar-refractivity contribution is 6.10. The van der Waals surface area contributed by atoms with Crippen molar-refractivity contribution in [3.8, 4) is 0 Å². The number of fused-ring (bicyclic) bond motifs is 1. The van der Waals surface area contributed by atoms with Gasteiger partial charge >= 0.3 is 0 Å². The van der Waals surface area contributed by atoms with Gasteiger partial charge in [0.1, 0.15) is 0 Å². The van der Waals surface area contributed by atoms with E-state index < -0.39 is 0 Å². The molecule has 3 rings (SSSR count). The van der Waals surface area contributed by atoms with Crippen molar-refractivity contribution in [2.24, 2.45) is 0 Å². The van der Waals surface area contributed by atoms with Crippen LogP contribution in [-0.4, -0.2) is 35.2 Å². The van der Waals surface area contributed by atoms with E-state index in [4.69, 9.17) is 0 Å². The molecule has 5 heteroatoms. The number of piperidine rings is 1. The maximum absolute atomic E-state index is 12.4.